The summed E-state index contributed by atoms with van der Waals surface area (Å²) in [5.41, 5.74) is -0.497. The molecule has 10 heteroatoms. The lowest BCUT2D eigenvalue weighted by Crippen LogP contribution is -2.63. The van der Waals surface area contributed by atoms with Gasteiger partial charge in [-0.25, -0.2) is 0 Å². The van der Waals surface area contributed by atoms with Crippen molar-refractivity contribution in [2.75, 3.05) is 53.4 Å². The van der Waals surface area contributed by atoms with E-state index in [4.69, 9.17) is 0 Å². The van der Waals surface area contributed by atoms with Gasteiger partial charge in [0.2, 0.25) is 5.91 Å². The Balaban J connectivity index is 1.34. The average Bonchev–Trinajstić information content (AvgIpc) is 3.09. The van der Waals surface area contributed by atoms with Crippen LogP contribution in [0.1, 0.15) is 72.8 Å². The second-order valence-corrected chi connectivity index (χ2v) is 10.6. The summed E-state index contributed by atoms with van der Waals surface area (Å²) in [5, 5.41) is 10.5. The SMILES string of the molecule is CN1CCN(CCCNC(=O)c2cc3n(n2)C[C@](C)(C(=O)NC2CCCCCC2)N(C)C3=O)CC1. The molecule has 1 saturated heterocycles. The largest absolute Gasteiger partial charge is 0.351 e. The van der Waals surface area contributed by atoms with Gasteiger partial charge in [-0.2, -0.15) is 5.10 Å². The number of hydrogen-bond acceptors (Lipinski definition) is 6. The molecule has 194 valence electrons. The number of carbonyl (C=O) groups is 3. The second-order valence-electron chi connectivity index (χ2n) is 10.6. The maximum atomic E-state index is 13.3. The lowest BCUT2D eigenvalue weighted by Gasteiger charge is -2.41. The predicted octanol–water partition coefficient (Wildman–Crippen LogP) is 0.934. The number of nitrogens with one attached hydrogen (secondary N) is 2. The minimum absolute atomic E-state index is 0.150. The number of fused-ring (bicyclic) bond motifs is 1. The van der Waals surface area contributed by atoms with E-state index in [1.807, 2.05) is 0 Å². The summed E-state index contributed by atoms with van der Waals surface area (Å²) in [6, 6.07) is 1.69. The monoisotopic (exact) mass is 487 g/mol. The molecule has 0 spiro atoms. The van der Waals surface area contributed by atoms with E-state index >= 15 is 0 Å². The van der Waals surface area contributed by atoms with Crippen LogP contribution < -0.4 is 10.6 Å². The summed E-state index contributed by atoms with van der Waals surface area (Å²) in [4.78, 5) is 45.4. The molecule has 3 amide bonds. The molecule has 1 saturated carbocycles. The van der Waals surface area contributed by atoms with Gasteiger partial charge in [-0.1, -0.05) is 25.7 Å². The highest BCUT2D eigenvalue weighted by Gasteiger charge is 2.46. The fourth-order valence-corrected chi connectivity index (χ4v) is 5.27. The van der Waals surface area contributed by atoms with Crippen LogP contribution in [0.2, 0.25) is 0 Å². The molecule has 2 fully saturated rings. The molecule has 4 rings (SSSR count). The zero-order valence-electron chi connectivity index (χ0n) is 21.5. The quantitative estimate of drug-likeness (QED) is 0.438. The van der Waals surface area contributed by atoms with E-state index in [0.717, 1.165) is 64.8 Å². The van der Waals surface area contributed by atoms with E-state index < -0.39 is 5.54 Å². The highest BCUT2D eigenvalue weighted by atomic mass is 16.2. The summed E-state index contributed by atoms with van der Waals surface area (Å²) in [6.45, 7) is 7.77. The summed E-state index contributed by atoms with van der Waals surface area (Å²) in [5.74, 6) is -0.738. The van der Waals surface area contributed by atoms with Gasteiger partial charge in [0, 0.05) is 51.9 Å². The molecule has 0 aromatic carbocycles. The predicted molar refractivity (Wildman–Crippen MR) is 133 cm³/mol. The number of nitrogens with zero attached hydrogens (tertiary/aromatic N) is 5. The van der Waals surface area contributed by atoms with E-state index in [0.29, 0.717) is 12.2 Å². The van der Waals surface area contributed by atoms with Crippen LogP contribution >= 0.6 is 0 Å². The first-order valence-electron chi connectivity index (χ1n) is 13.1. The van der Waals surface area contributed by atoms with Gasteiger partial charge in [0.25, 0.3) is 11.8 Å². The second kappa shape index (κ2) is 11.1. The van der Waals surface area contributed by atoms with Crippen molar-refractivity contribution in [3.05, 3.63) is 17.5 Å². The molecule has 2 N–H and O–H groups in total. The van der Waals surface area contributed by atoms with Crippen molar-refractivity contribution in [1.82, 2.24) is 35.1 Å². The van der Waals surface area contributed by atoms with Gasteiger partial charge in [0.05, 0.1) is 6.54 Å². The van der Waals surface area contributed by atoms with Gasteiger partial charge in [-0.05, 0) is 39.8 Å². The van der Waals surface area contributed by atoms with Crippen molar-refractivity contribution in [3.8, 4) is 0 Å². The van der Waals surface area contributed by atoms with Gasteiger partial charge in [0.1, 0.15) is 11.2 Å². The molecular formula is C25H41N7O3. The summed E-state index contributed by atoms with van der Waals surface area (Å²) >= 11 is 0. The first-order chi connectivity index (χ1) is 16.8. The van der Waals surface area contributed by atoms with Crippen molar-refractivity contribution >= 4 is 17.7 Å². The standard InChI is InChI=1S/C25H41N7O3/c1-25(24(35)27-19-9-6-4-5-7-10-19)18-32-21(23(34)30(25)3)17-20(28-32)22(33)26-11-8-12-31-15-13-29(2)14-16-31/h17,19H,4-16,18H2,1-3H3,(H,26,33)(H,27,35)/t25-/m1/s1. The van der Waals surface area contributed by atoms with E-state index in [1.54, 1.807) is 14.0 Å². The Bertz CT molecular complexity index is 916. The zero-order valence-corrected chi connectivity index (χ0v) is 21.5. The molecule has 1 aliphatic carbocycles. The van der Waals surface area contributed by atoms with Crippen molar-refractivity contribution in [3.63, 3.8) is 0 Å². The summed E-state index contributed by atoms with van der Waals surface area (Å²) < 4.78 is 1.52. The summed E-state index contributed by atoms with van der Waals surface area (Å²) in [7, 11) is 3.79. The van der Waals surface area contributed by atoms with Gasteiger partial charge in [-0.15, -0.1) is 0 Å². The molecule has 0 radical (unpaired) electrons. The number of amides is 3. The van der Waals surface area contributed by atoms with Gasteiger partial charge in [-0.3, -0.25) is 19.1 Å². The Morgan fingerprint density at radius 3 is 2.46 bits per heavy atom. The Morgan fingerprint density at radius 2 is 1.77 bits per heavy atom. The fourth-order valence-electron chi connectivity index (χ4n) is 5.27. The smallest absolute Gasteiger partial charge is 0.272 e. The molecule has 3 aliphatic rings. The van der Waals surface area contributed by atoms with Crippen LogP contribution in [0.5, 0.6) is 0 Å². The first-order valence-corrected chi connectivity index (χ1v) is 13.1. The van der Waals surface area contributed by atoms with Gasteiger partial charge < -0.3 is 25.3 Å². The third kappa shape index (κ3) is 5.86. The number of aromatic nitrogens is 2. The number of piperazine rings is 1. The third-order valence-electron chi connectivity index (χ3n) is 7.95. The summed E-state index contributed by atoms with van der Waals surface area (Å²) in [6.07, 6.45) is 7.47. The molecule has 1 atom stereocenters. The van der Waals surface area contributed by atoms with E-state index in [-0.39, 0.29) is 36.0 Å². The molecule has 35 heavy (non-hydrogen) atoms. The Hall–Kier alpha value is -2.46. The van der Waals surface area contributed by atoms with Crippen molar-refractivity contribution in [1.29, 1.82) is 0 Å². The topological polar surface area (TPSA) is 103 Å². The van der Waals surface area contributed by atoms with Crippen LogP contribution in [0.15, 0.2) is 6.07 Å². The molecule has 3 heterocycles. The minimum atomic E-state index is -1.06. The average molecular weight is 488 g/mol. The normalized spacial score (nSPS) is 24.7. The molecular weight excluding hydrogens is 446 g/mol. The van der Waals surface area contributed by atoms with Crippen LogP contribution in [-0.4, -0.2) is 107 Å². The zero-order chi connectivity index (χ0) is 25.0. The lowest BCUT2D eigenvalue weighted by atomic mass is 9.95. The van der Waals surface area contributed by atoms with E-state index in [9.17, 15) is 14.4 Å². The van der Waals surface area contributed by atoms with Crippen molar-refractivity contribution < 1.29 is 14.4 Å². The van der Waals surface area contributed by atoms with Crippen LogP contribution in [0.25, 0.3) is 0 Å². The van der Waals surface area contributed by atoms with Gasteiger partial charge in [0.15, 0.2) is 5.69 Å². The number of likely N-dealkylation sites (N-methyl/N-ethyl adjacent to an activating group) is 2. The molecule has 0 unspecified atom stereocenters. The Morgan fingerprint density at radius 1 is 1.09 bits per heavy atom. The van der Waals surface area contributed by atoms with Crippen LogP contribution in [0, 0.1) is 0 Å². The molecule has 0 bridgehead atoms. The Kier molecular flexibility index (Phi) is 8.11. The van der Waals surface area contributed by atoms with Crippen LogP contribution in [-0.2, 0) is 11.3 Å². The van der Waals surface area contributed by atoms with Crippen molar-refractivity contribution in [2.24, 2.45) is 0 Å². The van der Waals surface area contributed by atoms with E-state index in [2.05, 4.69) is 32.6 Å². The van der Waals surface area contributed by atoms with Crippen LogP contribution in [0.3, 0.4) is 0 Å². The highest BCUT2D eigenvalue weighted by molar-refractivity contribution is 6.01. The van der Waals surface area contributed by atoms with Crippen LogP contribution in [0.4, 0.5) is 0 Å². The lowest BCUT2D eigenvalue weighted by molar-refractivity contribution is -0.133. The molecule has 10 nitrogen and oxygen atoms in total. The molecule has 1 aromatic heterocycles. The van der Waals surface area contributed by atoms with E-state index in [1.165, 1.54) is 28.5 Å². The van der Waals surface area contributed by atoms with Crippen molar-refractivity contribution in [2.45, 2.75) is 70.0 Å². The highest BCUT2D eigenvalue weighted by Crippen LogP contribution is 2.27. The minimum Gasteiger partial charge on any atom is -0.351 e. The number of carbonyl (C=O) groups excluding carboxylic acids is 3. The number of hydrogen-bond donors (Lipinski definition) is 2. The molecule has 1 aromatic rings. The molecule has 2 aliphatic heterocycles. The fraction of sp³-hybridized carbons (Fsp3) is 0.760. The maximum absolute atomic E-state index is 13.3. The number of rotatable bonds is 7. The first kappa shape index (κ1) is 25.6. The third-order valence-corrected chi connectivity index (χ3v) is 7.95. The Labute approximate surface area is 208 Å². The maximum Gasteiger partial charge on any atom is 0.272 e. The van der Waals surface area contributed by atoms with Gasteiger partial charge >= 0.3 is 0 Å².